The van der Waals surface area contributed by atoms with Crippen molar-refractivity contribution >= 4 is 5.78 Å². The first-order valence-electron chi connectivity index (χ1n) is 5.81. The predicted octanol–water partition coefficient (Wildman–Crippen LogP) is 1.31. The number of carbonyl (C=O) groups excluding carboxylic acids is 1. The summed E-state index contributed by atoms with van der Waals surface area (Å²) in [4.78, 5) is 15.8. The first kappa shape index (κ1) is 12.9. The molecule has 0 saturated heterocycles. The number of ketones is 1. The van der Waals surface area contributed by atoms with Crippen molar-refractivity contribution in [2.75, 3.05) is 6.54 Å². The summed E-state index contributed by atoms with van der Waals surface area (Å²) in [5.74, 6) is 1.11. The summed E-state index contributed by atoms with van der Waals surface area (Å²) in [6, 6.07) is 0.490. The maximum atomic E-state index is 11.6. The molecule has 0 aliphatic carbocycles. The first-order chi connectivity index (χ1) is 7.59. The molecule has 4 heteroatoms. The lowest BCUT2D eigenvalue weighted by Gasteiger charge is -2.07. The first-order valence-corrected chi connectivity index (χ1v) is 5.81. The second-order valence-corrected chi connectivity index (χ2v) is 4.38. The summed E-state index contributed by atoms with van der Waals surface area (Å²) in [5.41, 5.74) is 0. The van der Waals surface area contributed by atoms with Crippen LogP contribution in [0.2, 0.25) is 0 Å². The molecule has 1 aromatic rings. The Bertz CT molecular complexity index is 331. The highest BCUT2D eigenvalue weighted by atomic mass is 16.1. The van der Waals surface area contributed by atoms with Gasteiger partial charge in [0.25, 0.3) is 0 Å². The lowest BCUT2D eigenvalue weighted by Crippen LogP contribution is -2.24. The molecular formula is C12H21N3O. The van der Waals surface area contributed by atoms with Crippen LogP contribution in [0, 0.1) is 0 Å². The van der Waals surface area contributed by atoms with Gasteiger partial charge in [-0.1, -0.05) is 13.8 Å². The van der Waals surface area contributed by atoms with Gasteiger partial charge in [0.05, 0.1) is 6.42 Å². The van der Waals surface area contributed by atoms with Crippen molar-refractivity contribution < 1.29 is 4.79 Å². The third kappa shape index (κ3) is 4.57. The van der Waals surface area contributed by atoms with Gasteiger partial charge < -0.3 is 9.88 Å². The van der Waals surface area contributed by atoms with Crippen LogP contribution in [0.1, 0.15) is 32.5 Å². The molecule has 1 heterocycles. The van der Waals surface area contributed by atoms with Crippen LogP contribution >= 0.6 is 0 Å². The molecule has 0 aliphatic rings. The van der Waals surface area contributed by atoms with Gasteiger partial charge in [0.2, 0.25) is 0 Å². The Morgan fingerprint density at radius 2 is 2.31 bits per heavy atom. The molecule has 0 atom stereocenters. The van der Waals surface area contributed by atoms with E-state index in [0.717, 1.165) is 18.8 Å². The molecule has 0 spiro atoms. The van der Waals surface area contributed by atoms with Crippen molar-refractivity contribution in [1.82, 2.24) is 14.9 Å². The number of nitrogens with one attached hydrogen (secondary N) is 1. The van der Waals surface area contributed by atoms with Crippen LogP contribution in [-0.2, 0) is 18.3 Å². The van der Waals surface area contributed by atoms with E-state index in [1.54, 1.807) is 6.20 Å². The fraction of sp³-hybridized carbons (Fsp3) is 0.667. The van der Waals surface area contributed by atoms with E-state index in [0.29, 0.717) is 18.9 Å². The highest BCUT2D eigenvalue weighted by Gasteiger charge is 2.07. The van der Waals surface area contributed by atoms with Crippen molar-refractivity contribution in [2.45, 2.75) is 39.2 Å². The standard InChI is InChI=1S/C12H21N3O/c1-10(2)13-6-4-5-11(16)9-12-14-7-8-15(12)3/h7-8,10,13H,4-6,9H2,1-3H3. The van der Waals surface area contributed by atoms with Gasteiger partial charge in [-0.05, 0) is 13.0 Å². The molecule has 0 amide bonds. The number of imidazole rings is 1. The third-order valence-electron chi connectivity index (χ3n) is 2.46. The second kappa shape index (κ2) is 6.43. The second-order valence-electron chi connectivity index (χ2n) is 4.38. The number of aromatic nitrogens is 2. The van der Waals surface area contributed by atoms with Gasteiger partial charge in [-0.3, -0.25) is 4.79 Å². The summed E-state index contributed by atoms with van der Waals surface area (Å²) >= 11 is 0. The van der Waals surface area contributed by atoms with Crippen LogP contribution in [-0.4, -0.2) is 27.9 Å². The van der Waals surface area contributed by atoms with Crippen LogP contribution in [0.4, 0.5) is 0 Å². The van der Waals surface area contributed by atoms with Crippen molar-refractivity contribution in [2.24, 2.45) is 7.05 Å². The monoisotopic (exact) mass is 223 g/mol. The normalized spacial score (nSPS) is 11.0. The molecular weight excluding hydrogens is 202 g/mol. The van der Waals surface area contributed by atoms with Gasteiger partial charge in [-0.2, -0.15) is 0 Å². The lowest BCUT2D eigenvalue weighted by molar-refractivity contribution is -0.118. The zero-order valence-electron chi connectivity index (χ0n) is 10.4. The Hall–Kier alpha value is -1.16. The Kier molecular flexibility index (Phi) is 5.19. The summed E-state index contributed by atoms with van der Waals surface area (Å²) < 4.78 is 1.89. The Morgan fingerprint density at radius 1 is 1.56 bits per heavy atom. The van der Waals surface area contributed by atoms with Crippen molar-refractivity contribution in [3.63, 3.8) is 0 Å². The molecule has 0 aromatic carbocycles. The van der Waals surface area contributed by atoms with Crippen LogP contribution in [0.25, 0.3) is 0 Å². The molecule has 1 aromatic heterocycles. The van der Waals surface area contributed by atoms with Crippen LogP contribution in [0.15, 0.2) is 12.4 Å². The van der Waals surface area contributed by atoms with E-state index < -0.39 is 0 Å². The minimum Gasteiger partial charge on any atom is -0.338 e. The summed E-state index contributed by atoms with van der Waals surface area (Å²) in [6.45, 7) is 5.12. The minimum absolute atomic E-state index is 0.264. The maximum Gasteiger partial charge on any atom is 0.140 e. The van der Waals surface area contributed by atoms with E-state index in [9.17, 15) is 4.79 Å². The number of carbonyl (C=O) groups is 1. The Morgan fingerprint density at radius 3 is 2.88 bits per heavy atom. The van der Waals surface area contributed by atoms with Gasteiger partial charge in [-0.15, -0.1) is 0 Å². The van der Waals surface area contributed by atoms with Gasteiger partial charge in [0.15, 0.2) is 0 Å². The van der Waals surface area contributed by atoms with Crippen molar-refractivity contribution in [3.8, 4) is 0 Å². The molecule has 0 fully saturated rings. The number of Topliss-reactive ketones (excluding diaryl/α,β-unsaturated/α-hetero) is 1. The van der Waals surface area contributed by atoms with E-state index >= 15 is 0 Å². The van der Waals surface area contributed by atoms with Gasteiger partial charge in [0.1, 0.15) is 11.6 Å². The molecule has 0 radical (unpaired) electrons. The van der Waals surface area contributed by atoms with Gasteiger partial charge in [-0.25, -0.2) is 4.98 Å². The summed E-state index contributed by atoms with van der Waals surface area (Å²) in [7, 11) is 1.91. The highest BCUT2D eigenvalue weighted by molar-refractivity contribution is 5.80. The fourth-order valence-corrected chi connectivity index (χ4v) is 1.51. The minimum atomic E-state index is 0.264. The zero-order valence-corrected chi connectivity index (χ0v) is 10.4. The lowest BCUT2D eigenvalue weighted by atomic mass is 10.1. The third-order valence-corrected chi connectivity index (χ3v) is 2.46. The Labute approximate surface area is 97.1 Å². The fourth-order valence-electron chi connectivity index (χ4n) is 1.51. The molecule has 1 rings (SSSR count). The van der Waals surface area contributed by atoms with E-state index in [2.05, 4.69) is 24.1 Å². The summed E-state index contributed by atoms with van der Waals surface area (Å²) in [5, 5.41) is 3.30. The van der Waals surface area contributed by atoms with Crippen molar-refractivity contribution in [1.29, 1.82) is 0 Å². The number of hydrogen-bond donors (Lipinski definition) is 1. The van der Waals surface area contributed by atoms with Crippen LogP contribution in [0.3, 0.4) is 0 Å². The molecule has 0 saturated carbocycles. The number of aryl methyl sites for hydroxylation is 1. The number of nitrogens with zero attached hydrogens (tertiary/aromatic N) is 2. The Balaban J connectivity index is 2.19. The molecule has 0 unspecified atom stereocenters. The molecule has 0 aliphatic heterocycles. The molecule has 90 valence electrons. The molecule has 0 bridgehead atoms. The smallest absolute Gasteiger partial charge is 0.140 e. The predicted molar refractivity (Wildman–Crippen MR) is 64.3 cm³/mol. The van der Waals surface area contributed by atoms with Crippen LogP contribution < -0.4 is 5.32 Å². The molecule has 4 nitrogen and oxygen atoms in total. The molecule has 1 N–H and O–H groups in total. The van der Waals surface area contributed by atoms with E-state index in [4.69, 9.17) is 0 Å². The van der Waals surface area contributed by atoms with Gasteiger partial charge in [0, 0.05) is 31.9 Å². The van der Waals surface area contributed by atoms with E-state index in [1.807, 2.05) is 17.8 Å². The topological polar surface area (TPSA) is 46.9 Å². The maximum absolute atomic E-state index is 11.6. The number of hydrogen-bond acceptors (Lipinski definition) is 3. The summed E-state index contributed by atoms with van der Waals surface area (Å²) in [6.07, 6.45) is 5.57. The quantitative estimate of drug-likeness (QED) is 0.709. The highest BCUT2D eigenvalue weighted by Crippen LogP contribution is 2.00. The average molecular weight is 223 g/mol. The SMILES string of the molecule is CC(C)NCCCC(=O)Cc1nccn1C. The van der Waals surface area contributed by atoms with Crippen molar-refractivity contribution in [3.05, 3.63) is 18.2 Å². The number of rotatable bonds is 7. The largest absolute Gasteiger partial charge is 0.338 e. The molecule has 16 heavy (non-hydrogen) atoms. The van der Waals surface area contributed by atoms with E-state index in [1.165, 1.54) is 0 Å². The van der Waals surface area contributed by atoms with Crippen LogP contribution in [0.5, 0.6) is 0 Å². The average Bonchev–Trinajstić information content (AvgIpc) is 2.59. The zero-order chi connectivity index (χ0) is 12.0. The van der Waals surface area contributed by atoms with E-state index in [-0.39, 0.29) is 5.78 Å². The van der Waals surface area contributed by atoms with Gasteiger partial charge >= 0.3 is 0 Å².